The summed E-state index contributed by atoms with van der Waals surface area (Å²) < 4.78 is 5.56. The van der Waals surface area contributed by atoms with Gasteiger partial charge in [-0.25, -0.2) is 4.79 Å². The van der Waals surface area contributed by atoms with Crippen molar-refractivity contribution in [3.05, 3.63) is 29.3 Å². The Labute approximate surface area is 155 Å². The molecule has 0 atom stereocenters. The predicted octanol–water partition coefficient (Wildman–Crippen LogP) is 4.65. The first-order chi connectivity index (χ1) is 12.1. The number of aryl methyl sites for hydroxylation is 1. The van der Waals surface area contributed by atoms with Crippen LogP contribution >= 0.6 is 0 Å². The summed E-state index contributed by atoms with van der Waals surface area (Å²) >= 11 is 0. The topological polar surface area (TPSA) is 66.8 Å². The van der Waals surface area contributed by atoms with Crippen molar-refractivity contribution in [3.63, 3.8) is 0 Å². The summed E-state index contributed by atoms with van der Waals surface area (Å²) in [6.45, 7) is 8.20. The van der Waals surface area contributed by atoms with Crippen LogP contribution in [0.2, 0.25) is 0 Å². The van der Waals surface area contributed by atoms with Gasteiger partial charge in [0.2, 0.25) is 0 Å². The Hall–Kier alpha value is -2.04. The van der Waals surface area contributed by atoms with Crippen LogP contribution in [0.4, 0.5) is 10.5 Å². The Morgan fingerprint density at radius 1 is 1.19 bits per heavy atom. The lowest BCUT2D eigenvalue weighted by atomic mass is 9.63. The van der Waals surface area contributed by atoms with Crippen LogP contribution in [0.15, 0.2) is 18.2 Å². The zero-order valence-electron chi connectivity index (χ0n) is 16.2. The first kappa shape index (κ1) is 18.7. The number of hydrogen-bond donors (Lipinski definition) is 1. The molecule has 0 saturated heterocycles. The number of esters is 1. The molecule has 5 heteroatoms. The fourth-order valence-electron chi connectivity index (χ4n) is 4.40. The summed E-state index contributed by atoms with van der Waals surface area (Å²) in [4.78, 5) is 25.5. The third-order valence-electron chi connectivity index (χ3n) is 5.74. The van der Waals surface area contributed by atoms with E-state index in [0.717, 1.165) is 48.9 Å². The summed E-state index contributed by atoms with van der Waals surface area (Å²) in [6.07, 6.45) is 3.33. The zero-order valence-corrected chi connectivity index (χ0v) is 16.2. The van der Waals surface area contributed by atoms with Crippen LogP contribution < -0.4 is 4.90 Å². The van der Waals surface area contributed by atoms with Crippen molar-refractivity contribution in [1.82, 2.24) is 0 Å². The Balaban J connectivity index is 1.81. The maximum atomic E-state index is 12.4. The molecule has 3 rings (SSSR count). The van der Waals surface area contributed by atoms with Gasteiger partial charge in [0.1, 0.15) is 5.60 Å². The summed E-state index contributed by atoms with van der Waals surface area (Å²) in [6, 6.07) is 6.13. The molecular weight excluding hydrogens is 330 g/mol. The summed E-state index contributed by atoms with van der Waals surface area (Å²) in [7, 11) is 0. The van der Waals surface area contributed by atoms with E-state index in [1.54, 1.807) is 0 Å². The van der Waals surface area contributed by atoms with E-state index in [1.165, 1.54) is 4.90 Å². The van der Waals surface area contributed by atoms with Gasteiger partial charge in [0.15, 0.2) is 0 Å². The second-order valence-corrected chi connectivity index (χ2v) is 8.79. The van der Waals surface area contributed by atoms with Crippen molar-refractivity contribution in [2.75, 3.05) is 11.4 Å². The van der Waals surface area contributed by atoms with E-state index in [-0.39, 0.29) is 17.3 Å². The third kappa shape index (κ3) is 3.57. The van der Waals surface area contributed by atoms with Crippen LogP contribution in [-0.4, -0.2) is 29.3 Å². The van der Waals surface area contributed by atoms with Crippen molar-refractivity contribution < 1.29 is 19.4 Å². The molecule has 0 unspecified atom stereocenters. The molecular formula is C21H29NO4. The van der Waals surface area contributed by atoms with Crippen LogP contribution in [0.5, 0.6) is 0 Å². The van der Waals surface area contributed by atoms with Gasteiger partial charge in [-0.05, 0) is 82.4 Å². The van der Waals surface area contributed by atoms with Crippen molar-refractivity contribution in [3.8, 4) is 0 Å². The van der Waals surface area contributed by atoms with E-state index < -0.39 is 11.7 Å². The van der Waals surface area contributed by atoms with Gasteiger partial charge >= 0.3 is 12.1 Å². The van der Waals surface area contributed by atoms with E-state index in [0.29, 0.717) is 6.54 Å². The molecule has 142 valence electrons. The first-order valence-electron chi connectivity index (χ1n) is 9.46. The Morgan fingerprint density at radius 3 is 2.42 bits per heavy atom. The molecule has 1 N–H and O–H groups in total. The van der Waals surface area contributed by atoms with E-state index >= 15 is 0 Å². The molecule has 1 spiro atoms. The number of ether oxygens (including phenoxy) is 1. The summed E-state index contributed by atoms with van der Waals surface area (Å²) in [5.74, 6) is -0.147. The average molecular weight is 359 g/mol. The molecule has 1 heterocycles. The summed E-state index contributed by atoms with van der Waals surface area (Å²) in [5, 5.41) is 9.55. The number of carbonyl (C=O) groups is 2. The highest BCUT2D eigenvalue weighted by atomic mass is 16.6. The maximum absolute atomic E-state index is 12.4. The lowest BCUT2D eigenvalue weighted by molar-refractivity contribution is -0.161. The molecule has 1 aliphatic heterocycles. The van der Waals surface area contributed by atoms with Crippen molar-refractivity contribution in [2.45, 2.75) is 70.8 Å². The molecule has 1 aliphatic carbocycles. The van der Waals surface area contributed by atoms with E-state index in [2.05, 4.69) is 12.1 Å². The second-order valence-electron chi connectivity index (χ2n) is 8.79. The Kier molecular flexibility index (Phi) is 4.76. The highest BCUT2D eigenvalue weighted by molar-refractivity contribution is 5.88. The number of hydrogen-bond acceptors (Lipinski definition) is 3. The van der Waals surface area contributed by atoms with Crippen molar-refractivity contribution in [1.29, 1.82) is 0 Å². The number of carbonyl (C=O) groups excluding carboxylic acids is 1. The first-order valence-corrected chi connectivity index (χ1v) is 9.46. The molecule has 1 amide bonds. The third-order valence-corrected chi connectivity index (χ3v) is 5.74. The molecule has 1 fully saturated rings. The highest BCUT2D eigenvalue weighted by Gasteiger charge is 2.44. The number of anilines is 1. The van der Waals surface area contributed by atoms with Gasteiger partial charge in [0, 0.05) is 6.54 Å². The molecule has 2 aliphatic rings. The average Bonchev–Trinajstić information content (AvgIpc) is 2.53. The standard InChI is InChI=1S/C21H29NO4/c1-14-5-6-16-17(13-14)22(19(24)25)12-11-21(16)9-7-15(8-10-21)18(23)26-20(2,3)4/h5-6,13,15H,7-12H2,1-4H3,(H,24,25). The van der Waals surface area contributed by atoms with Crippen LogP contribution in [0.25, 0.3) is 0 Å². The normalized spacial score (nSPS) is 25.7. The molecule has 1 aromatic carbocycles. The number of fused-ring (bicyclic) bond motifs is 2. The summed E-state index contributed by atoms with van der Waals surface area (Å²) in [5.41, 5.74) is 2.53. The van der Waals surface area contributed by atoms with Crippen LogP contribution in [0.1, 0.15) is 64.0 Å². The smallest absolute Gasteiger partial charge is 0.411 e. The minimum absolute atomic E-state index is 0.0203. The number of rotatable bonds is 1. The lowest BCUT2D eigenvalue weighted by Crippen LogP contribution is -2.45. The monoisotopic (exact) mass is 359 g/mol. The molecule has 0 radical (unpaired) electrons. The van der Waals surface area contributed by atoms with E-state index in [9.17, 15) is 14.7 Å². The van der Waals surface area contributed by atoms with Gasteiger partial charge in [-0.2, -0.15) is 0 Å². The fraction of sp³-hybridized carbons (Fsp3) is 0.619. The lowest BCUT2D eigenvalue weighted by Gasteiger charge is -2.46. The van der Waals surface area contributed by atoms with Crippen molar-refractivity contribution in [2.24, 2.45) is 5.92 Å². The van der Waals surface area contributed by atoms with Gasteiger partial charge in [-0.15, -0.1) is 0 Å². The van der Waals surface area contributed by atoms with Gasteiger partial charge < -0.3 is 9.84 Å². The second kappa shape index (κ2) is 6.60. The number of nitrogens with zero attached hydrogens (tertiary/aromatic N) is 1. The number of carboxylic acid groups (broad SMARTS) is 1. The SMILES string of the molecule is Cc1ccc2c(c1)N(C(=O)O)CCC21CCC(C(=O)OC(C)(C)C)CC1. The minimum Gasteiger partial charge on any atom is -0.465 e. The zero-order chi connectivity index (χ0) is 19.1. The number of benzene rings is 1. The molecule has 0 bridgehead atoms. The van der Waals surface area contributed by atoms with Gasteiger partial charge in [0.25, 0.3) is 0 Å². The van der Waals surface area contributed by atoms with E-state index in [4.69, 9.17) is 4.74 Å². The Bertz CT molecular complexity index is 711. The molecule has 1 saturated carbocycles. The molecule has 0 aromatic heterocycles. The predicted molar refractivity (Wildman–Crippen MR) is 101 cm³/mol. The van der Waals surface area contributed by atoms with Crippen molar-refractivity contribution >= 4 is 17.7 Å². The number of amides is 1. The van der Waals surface area contributed by atoms with E-state index in [1.807, 2.05) is 33.8 Å². The highest BCUT2D eigenvalue weighted by Crippen LogP contribution is 2.50. The molecule has 5 nitrogen and oxygen atoms in total. The van der Waals surface area contributed by atoms with Gasteiger partial charge in [-0.3, -0.25) is 9.69 Å². The van der Waals surface area contributed by atoms with Crippen LogP contribution in [-0.2, 0) is 14.9 Å². The molecule has 26 heavy (non-hydrogen) atoms. The maximum Gasteiger partial charge on any atom is 0.411 e. The minimum atomic E-state index is -0.894. The fourth-order valence-corrected chi connectivity index (χ4v) is 4.40. The van der Waals surface area contributed by atoms with Crippen LogP contribution in [0.3, 0.4) is 0 Å². The largest absolute Gasteiger partial charge is 0.465 e. The van der Waals surface area contributed by atoms with Gasteiger partial charge in [0.05, 0.1) is 11.6 Å². The van der Waals surface area contributed by atoms with Crippen LogP contribution in [0, 0.1) is 12.8 Å². The Morgan fingerprint density at radius 2 is 1.85 bits per heavy atom. The quantitative estimate of drug-likeness (QED) is 0.741. The molecule has 1 aromatic rings. The van der Waals surface area contributed by atoms with Gasteiger partial charge in [-0.1, -0.05) is 12.1 Å².